The number of nitrogen functional groups attached to an aromatic ring is 1. The molecule has 0 aromatic heterocycles. The van der Waals surface area contributed by atoms with Gasteiger partial charge in [0, 0.05) is 25.2 Å². The van der Waals surface area contributed by atoms with Gasteiger partial charge in [-0.1, -0.05) is 6.07 Å². The van der Waals surface area contributed by atoms with E-state index in [1.807, 2.05) is 0 Å². The van der Waals surface area contributed by atoms with Crippen molar-refractivity contribution in [2.24, 2.45) is 5.92 Å². The fraction of sp³-hybridized carbons (Fsp3) is 0.571. The fourth-order valence-electron chi connectivity index (χ4n) is 2.19. The Labute approximate surface area is 113 Å². The van der Waals surface area contributed by atoms with Crippen LogP contribution < -0.4 is 5.73 Å². The van der Waals surface area contributed by atoms with E-state index in [1.165, 1.54) is 18.9 Å². The molecule has 0 heterocycles. The third-order valence-corrected chi connectivity index (χ3v) is 3.59. The fourth-order valence-corrected chi connectivity index (χ4v) is 2.19. The van der Waals surface area contributed by atoms with Gasteiger partial charge < -0.3 is 5.73 Å². The molecular weight excluding hydrogens is 242 g/mol. The summed E-state index contributed by atoms with van der Waals surface area (Å²) in [5.74, 6) is 0.831. The van der Waals surface area contributed by atoms with E-state index in [0.29, 0.717) is 6.04 Å². The zero-order valence-electron chi connectivity index (χ0n) is 11.5. The minimum absolute atomic E-state index is 0.0120. The molecule has 0 saturated heterocycles. The summed E-state index contributed by atoms with van der Waals surface area (Å²) in [6.07, 6.45) is 2.65. The second-order valence-corrected chi connectivity index (χ2v) is 5.62. The highest BCUT2D eigenvalue weighted by Crippen LogP contribution is 2.31. The van der Waals surface area contributed by atoms with Crippen LogP contribution in [0, 0.1) is 16.0 Å². The van der Waals surface area contributed by atoms with Crippen LogP contribution in [0.4, 0.5) is 11.4 Å². The van der Waals surface area contributed by atoms with Crippen molar-refractivity contribution in [3.05, 3.63) is 33.9 Å². The normalized spacial score (nSPS) is 15.2. The van der Waals surface area contributed by atoms with Crippen molar-refractivity contribution < 1.29 is 4.92 Å². The highest BCUT2D eigenvalue weighted by molar-refractivity contribution is 5.59. The summed E-state index contributed by atoms with van der Waals surface area (Å²) >= 11 is 0. The van der Waals surface area contributed by atoms with Crippen LogP contribution in [0.2, 0.25) is 0 Å². The number of hydrogen-bond donors (Lipinski definition) is 1. The van der Waals surface area contributed by atoms with E-state index >= 15 is 0 Å². The van der Waals surface area contributed by atoms with E-state index in [9.17, 15) is 10.1 Å². The van der Waals surface area contributed by atoms with Gasteiger partial charge in [0.2, 0.25) is 0 Å². The van der Waals surface area contributed by atoms with Crippen LogP contribution in [0.25, 0.3) is 0 Å². The van der Waals surface area contributed by atoms with Gasteiger partial charge in [-0.25, -0.2) is 0 Å². The van der Waals surface area contributed by atoms with Crippen molar-refractivity contribution in [2.45, 2.75) is 39.3 Å². The number of nitro groups is 1. The van der Waals surface area contributed by atoms with E-state index in [2.05, 4.69) is 18.7 Å². The Morgan fingerprint density at radius 1 is 1.47 bits per heavy atom. The SMILES string of the molecule is CC(C)N(Cc1ccc([N+](=O)[O-])c(N)c1)CC1CC1. The van der Waals surface area contributed by atoms with Gasteiger partial charge in [-0.05, 0) is 44.2 Å². The quantitative estimate of drug-likeness (QED) is 0.486. The van der Waals surface area contributed by atoms with Crippen molar-refractivity contribution in [3.8, 4) is 0 Å². The first-order valence-electron chi connectivity index (χ1n) is 6.74. The molecule has 0 amide bonds. The smallest absolute Gasteiger partial charge is 0.292 e. The molecule has 19 heavy (non-hydrogen) atoms. The second kappa shape index (κ2) is 5.57. The van der Waals surface area contributed by atoms with Gasteiger partial charge in [0.15, 0.2) is 0 Å². The van der Waals surface area contributed by atoms with Crippen molar-refractivity contribution in [1.29, 1.82) is 0 Å². The van der Waals surface area contributed by atoms with Crippen LogP contribution in [-0.2, 0) is 6.54 Å². The van der Waals surface area contributed by atoms with Crippen molar-refractivity contribution >= 4 is 11.4 Å². The Balaban J connectivity index is 2.07. The summed E-state index contributed by atoms with van der Waals surface area (Å²) in [5, 5.41) is 10.7. The molecule has 0 spiro atoms. The molecule has 0 bridgehead atoms. The first kappa shape index (κ1) is 13.8. The number of anilines is 1. The molecule has 0 aliphatic heterocycles. The topological polar surface area (TPSA) is 72.4 Å². The van der Waals surface area contributed by atoms with Crippen LogP contribution in [0.5, 0.6) is 0 Å². The maximum absolute atomic E-state index is 10.7. The van der Waals surface area contributed by atoms with Crippen molar-refractivity contribution in [1.82, 2.24) is 4.90 Å². The van der Waals surface area contributed by atoms with Crippen LogP contribution in [0.1, 0.15) is 32.3 Å². The molecule has 2 rings (SSSR count). The summed E-state index contributed by atoms with van der Waals surface area (Å²) in [5.41, 5.74) is 7.00. The number of nitrogens with two attached hydrogens (primary N) is 1. The molecule has 1 aliphatic rings. The Hall–Kier alpha value is -1.62. The molecular formula is C14H21N3O2. The third kappa shape index (κ3) is 3.67. The number of benzene rings is 1. The van der Waals surface area contributed by atoms with Crippen molar-refractivity contribution in [2.75, 3.05) is 12.3 Å². The molecule has 1 fully saturated rings. The Morgan fingerprint density at radius 2 is 2.16 bits per heavy atom. The number of rotatable bonds is 6. The summed E-state index contributed by atoms with van der Waals surface area (Å²) < 4.78 is 0. The predicted octanol–water partition coefficient (Wildman–Crippen LogP) is 2.80. The van der Waals surface area contributed by atoms with E-state index in [4.69, 9.17) is 5.73 Å². The summed E-state index contributed by atoms with van der Waals surface area (Å²) in [6, 6.07) is 5.49. The zero-order chi connectivity index (χ0) is 14.0. The first-order valence-corrected chi connectivity index (χ1v) is 6.74. The molecule has 104 valence electrons. The predicted molar refractivity (Wildman–Crippen MR) is 75.8 cm³/mol. The molecule has 0 atom stereocenters. The number of nitrogens with zero attached hydrogens (tertiary/aromatic N) is 2. The van der Waals surface area contributed by atoms with Gasteiger partial charge in [-0.15, -0.1) is 0 Å². The number of hydrogen-bond acceptors (Lipinski definition) is 4. The Morgan fingerprint density at radius 3 is 2.63 bits per heavy atom. The second-order valence-electron chi connectivity index (χ2n) is 5.62. The molecule has 1 saturated carbocycles. The van der Waals surface area contributed by atoms with Crippen molar-refractivity contribution in [3.63, 3.8) is 0 Å². The number of nitro benzene ring substituents is 1. The summed E-state index contributed by atoms with van der Waals surface area (Å²) in [4.78, 5) is 12.7. The van der Waals surface area contributed by atoms with Gasteiger partial charge in [0.1, 0.15) is 5.69 Å². The lowest BCUT2D eigenvalue weighted by molar-refractivity contribution is -0.383. The van der Waals surface area contributed by atoms with E-state index < -0.39 is 4.92 Å². The monoisotopic (exact) mass is 263 g/mol. The van der Waals surface area contributed by atoms with E-state index in [1.54, 1.807) is 12.1 Å². The molecule has 2 N–H and O–H groups in total. The van der Waals surface area contributed by atoms with Crippen LogP contribution in [0.3, 0.4) is 0 Å². The summed E-state index contributed by atoms with van der Waals surface area (Å²) in [7, 11) is 0. The maximum Gasteiger partial charge on any atom is 0.292 e. The molecule has 1 aromatic carbocycles. The molecule has 1 aromatic rings. The maximum atomic E-state index is 10.7. The standard InChI is InChI=1S/C14H21N3O2/c1-10(2)16(8-11-3-4-11)9-12-5-6-14(17(18)19)13(15)7-12/h5-7,10-11H,3-4,8-9,15H2,1-2H3. The zero-order valence-corrected chi connectivity index (χ0v) is 11.5. The van der Waals surface area contributed by atoms with Gasteiger partial charge in [0.25, 0.3) is 5.69 Å². The lowest BCUT2D eigenvalue weighted by Crippen LogP contribution is -2.32. The van der Waals surface area contributed by atoms with Crippen LogP contribution in [0.15, 0.2) is 18.2 Å². The largest absolute Gasteiger partial charge is 0.393 e. The van der Waals surface area contributed by atoms with Crippen LogP contribution >= 0.6 is 0 Å². The van der Waals surface area contributed by atoms with Crippen LogP contribution in [-0.4, -0.2) is 22.4 Å². The highest BCUT2D eigenvalue weighted by Gasteiger charge is 2.25. The molecule has 0 unspecified atom stereocenters. The average Bonchev–Trinajstić information content (AvgIpc) is 3.11. The third-order valence-electron chi connectivity index (χ3n) is 3.59. The molecule has 5 nitrogen and oxygen atoms in total. The lowest BCUT2D eigenvalue weighted by Gasteiger charge is -2.26. The first-order chi connectivity index (χ1) is 8.97. The van der Waals surface area contributed by atoms with Gasteiger partial charge in [-0.3, -0.25) is 15.0 Å². The molecule has 0 radical (unpaired) electrons. The average molecular weight is 263 g/mol. The molecule has 5 heteroatoms. The van der Waals surface area contributed by atoms with Gasteiger partial charge in [0.05, 0.1) is 4.92 Å². The minimum Gasteiger partial charge on any atom is -0.393 e. The van der Waals surface area contributed by atoms with Gasteiger partial charge >= 0.3 is 0 Å². The van der Waals surface area contributed by atoms with E-state index in [0.717, 1.165) is 24.6 Å². The Kier molecular flexibility index (Phi) is 4.04. The molecule has 1 aliphatic carbocycles. The highest BCUT2D eigenvalue weighted by atomic mass is 16.6. The lowest BCUT2D eigenvalue weighted by atomic mass is 10.1. The Bertz CT molecular complexity index is 470. The summed E-state index contributed by atoms with van der Waals surface area (Å²) in [6.45, 7) is 6.26. The van der Waals surface area contributed by atoms with Gasteiger partial charge in [-0.2, -0.15) is 0 Å². The van der Waals surface area contributed by atoms with E-state index in [-0.39, 0.29) is 11.4 Å². The minimum atomic E-state index is -0.441.